The van der Waals surface area contributed by atoms with Crippen LogP contribution in [0.5, 0.6) is 0 Å². The van der Waals surface area contributed by atoms with Crippen LogP contribution in [0.25, 0.3) is 11.1 Å². The van der Waals surface area contributed by atoms with Gasteiger partial charge in [-0.2, -0.15) is 5.26 Å². The van der Waals surface area contributed by atoms with Crippen molar-refractivity contribution in [2.45, 2.75) is 0 Å². The first-order valence-electron chi connectivity index (χ1n) is 5.24. The Bertz CT molecular complexity index is 721. The molecule has 1 heterocycles. The SMILES string of the molecule is Bc1sc(C(N)=O)c(-c2ccc(Cl)cc2Cl)c1C#N. The number of nitrogens with two attached hydrogens (primary N) is 1. The third-order valence-corrected chi connectivity index (χ3v) is 4.29. The average molecular weight is 309 g/mol. The summed E-state index contributed by atoms with van der Waals surface area (Å²) in [6.07, 6.45) is 0. The molecule has 1 amide bonds. The van der Waals surface area contributed by atoms with Crippen LogP contribution in [-0.4, -0.2) is 13.8 Å². The molecular formula is C12H7BCl2N2OS. The Morgan fingerprint density at radius 1 is 1.42 bits per heavy atom. The van der Waals surface area contributed by atoms with Crippen molar-refractivity contribution in [3.05, 3.63) is 38.7 Å². The summed E-state index contributed by atoms with van der Waals surface area (Å²) in [5.41, 5.74) is 6.85. The van der Waals surface area contributed by atoms with Crippen molar-refractivity contribution in [2.24, 2.45) is 5.73 Å². The number of nitrogens with zero attached hydrogens (tertiary/aromatic N) is 1. The van der Waals surface area contributed by atoms with E-state index in [9.17, 15) is 10.1 Å². The molecule has 0 aliphatic carbocycles. The predicted molar refractivity (Wildman–Crippen MR) is 81.2 cm³/mol. The molecule has 19 heavy (non-hydrogen) atoms. The van der Waals surface area contributed by atoms with Crippen molar-refractivity contribution >= 4 is 53.1 Å². The molecule has 0 fully saturated rings. The fraction of sp³-hybridized carbons (Fsp3) is 0. The molecule has 0 unspecified atom stereocenters. The van der Waals surface area contributed by atoms with E-state index in [1.54, 1.807) is 26.0 Å². The van der Waals surface area contributed by atoms with Crippen LogP contribution in [0, 0.1) is 11.3 Å². The Kier molecular flexibility index (Phi) is 3.86. The van der Waals surface area contributed by atoms with Crippen molar-refractivity contribution in [3.63, 3.8) is 0 Å². The normalized spacial score (nSPS) is 10.2. The number of hydrogen-bond donors (Lipinski definition) is 1. The van der Waals surface area contributed by atoms with Gasteiger partial charge in [0.25, 0.3) is 5.91 Å². The zero-order chi connectivity index (χ0) is 14.2. The molecule has 0 bridgehead atoms. The molecular weight excluding hydrogens is 302 g/mol. The lowest BCUT2D eigenvalue weighted by molar-refractivity contribution is 0.100. The summed E-state index contributed by atoms with van der Waals surface area (Å²) < 4.78 is 0.734. The highest BCUT2D eigenvalue weighted by Gasteiger charge is 2.22. The van der Waals surface area contributed by atoms with Crippen LogP contribution in [0.15, 0.2) is 18.2 Å². The van der Waals surface area contributed by atoms with Crippen LogP contribution in [-0.2, 0) is 0 Å². The van der Waals surface area contributed by atoms with E-state index >= 15 is 0 Å². The minimum Gasteiger partial charge on any atom is -0.365 e. The highest BCUT2D eigenvalue weighted by atomic mass is 35.5. The Labute approximate surface area is 125 Å². The molecule has 0 spiro atoms. The topological polar surface area (TPSA) is 66.9 Å². The maximum Gasteiger partial charge on any atom is 0.259 e. The Balaban J connectivity index is 2.81. The molecule has 3 nitrogen and oxygen atoms in total. The third kappa shape index (κ3) is 2.48. The fourth-order valence-corrected chi connectivity index (χ4v) is 3.28. The average Bonchev–Trinajstić information content (AvgIpc) is 2.66. The minimum atomic E-state index is -0.574. The van der Waals surface area contributed by atoms with Crippen molar-refractivity contribution in [3.8, 4) is 17.2 Å². The molecule has 0 radical (unpaired) electrons. The van der Waals surface area contributed by atoms with Gasteiger partial charge >= 0.3 is 0 Å². The lowest BCUT2D eigenvalue weighted by atomic mass is 9.94. The van der Waals surface area contributed by atoms with Crippen molar-refractivity contribution < 1.29 is 4.79 Å². The second-order valence-corrected chi connectivity index (χ2v) is 5.91. The molecule has 2 rings (SSSR count). The van der Waals surface area contributed by atoms with Gasteiger partial charge < -0.3 is 5.73 Å². The summed E-state index contributed by atoms with van der Waals surface area (Å²) in [4.78, 5) is 11.8. The first-order chi connectivity index (χ1) is 8.95. The molecule has 1 aromatic heterocycles. The summed E-state index contributed by atoms with van der Waals surface area (Å²) >= 11 is 13.2. The van der Waals surface area contributed by atoms with Gasteiger partial charge in [0.05, 0.1) is 5.56 Å². The van der Waals surface area contributed by atoms with Gasteiger partial charge in [0, 0.05) is 21.2 Å². The van der Waals surface area contributed by atoms with Gasteiger partial charge in [-0.3, -0.25) is 4.79 Å². The maximum absolute atomic E-state index is 11.5. The Hall–Kier alpha value is -1.48. The van der Waals surface area contributed by atoms with E-state index in [2.05, 4.69) is 6.07 Å². The summed E-state index contributed by atoms with van der Waals surface area (Å²) in [6.45, 7) is 0. The van der Waals surface area contributed by atoms with Crippen LogP contribution >= 0.6 is 34.5 Å². The third-order valence-electron chi connectivity index (χ3n) is 2.62. The highest BCUT2D eigenvalue weighted by molar-refractivity contribution is 7.22. The summed E-state index contributed by atoms with van der Waals surface area (Å²) in [5, 5.41) is 10.1. The zero-order valence-corrected chi connectivity index (χ0v) is 12.2. The number of halogens is 2. The van der Waals surface area contributed by atoms with E-state index in [-0.39, 0.29) is 0 Å². The molecule has 94 valence electrons. The predicted octanol–water partition coefficient (Wildman–Crippen LogP) is 1.95. The fourth-order valence-electron chi connectivity index (χ4n) is 1.80. The van der Waals surface area contributed by atoms with Gasteiger partial charge in [0.2, 0.25) is 0 Å². The molecule has 1 aromatic carbocycles. The van der Waals surface area contributed by atoms with Gasteiger partial charge in [-0.1, -0.05) is 29.3 Å². The van der Waals surface area contributed by atoms with Crippen LogP contribution in [0.2, 0.25) is 10.0 Å². The van der Waals surface area contributed by atoms with E-state index < -0.39 is 5.91 Å². The molecule has 0 aliphatic rings. The van der Waals surface area contributed by atoms with Crippen LogP contribution in [0.3, 0.4) is 0 Å². The number of carbonyl (C=O) groups excluding carboxylic acids is 1. The highest BCUT2D eigenvalue weighted by Crippen LogP contribution is 2.36. The van der Waals surface area contributed by atoms with Gasteiger partial charge in [0.1, 0.15) is 10.9 Å². The van der Waals surface area contributed by atoms with E-state index in [0.29, 0.717) is 31.6 Å². The van der Waals surface area contributed by atoms with Crippen molar-refractivity contribution in [1.29, 1.82) is 5.26 Å². The number of benzene rings is 1. The van der Waals surface area contributed by atoms with E-state index in [1.165, 1.54) is 11.3 Å². The molecule has 7 heteroatoms. The molecule has 0 saturated carbocycles. The summed E-state index contributed by atoms with van der Waals surface area (Å²) in [5.74, 6) is -0.574. The second kappa shape index (κ2) is 5.26. The number of rotatable bonds is 2. The smallest absolute Gasteiger partial charge is 0.259 e. The van der Waals surface area contributed by atoms with E-state index in [1.807, 2.05) is 0 Å². The number of hydrogen-bond acceptors (Lipinski definition) is 3. The van der Waals surface area contributed by atoms with Gasteiger partial charge in [-0.05, 0) is 16.9 Å². The second-order valence-electron chi connectivity index (χ2n) is 3.84. The number of amides is 1. The van der Waals surface area contributed by atoms with E-state index in [4.69, 9.17) is 28.9 Å². The van der Waals surface area contributed by atoms with Crippen molar-refractivity contribution in [2.75, 3.05) is 0 Å². The molecule has 0 saturated heterocycles. The largest absolute Gasteiger partial charge is 0.365 e. The Morgan fingerprint density at radius 2 is 2.11 bits per heavy atom. The van der Waals surface area contributed by atoms with Crippen LogP contribution in [0.1, 0.15) is 15.2 Å². The molecule has 2 aromatic rings. The van der Waals surface area contributed by atoms with Gasteiger partial charge in [-0.15, -0.1) is 11.3 Å². The first-order valence-corrected chi connectivity index (χ1v) is 6.81. The van der Waals surface area contributed by atoms with Gasteiger partial charge in [-0.25, -0.2) is 0 Å². The summed E-state index contributed by atoms with van der Waals surface area (Å²) in [6, 6.07) is 6.99. The number of carbonyl (C=O) groups is 1. The van der Waals surface area contributed by atoms with Crippen LogP contribution in [0.4, 0.5) is 0 Å². The minimum absolute atomic E-state index is 0.332. The number of thiophene rings is 1. The Morgan fingerprint density at radius 3 is 2.63 bits per heavy atom. The first kappa shape index (κ1) is 13.9. The quantitative estimate of drug-likeness (QED) is 0.862. The van der Waals surface area contributed by atoms with Gasteiger partial charge in [0.15, 0.2) is 7.85 Å². The van der Waals surface area contributed by atoms with Crippen molar-refractivity contribution in [1.82, 2.24) is 0 Å². The zero-order valence-electron chi connectivity index (χ0n) is 9.83. The van der Waals surface area contributed by atoms with Crippen LogP contribution < -0.4 is 10.5 Å². The van der Waals surface area contributed by atoms with E-state index in [0.717, 1.165) is 4.78 Å². The number of nitriles is 1. The molecule has 0 atom stereocenters. The lowest BCUT2D eigenvalue weighted by Crippen LogP contribution is -2.10. The maximum atomic E-state index is 11.5. The molecule has 0 aliphatic heterocycles. The number of primary amides is 1. The molecule has 2 N–H and O–H groups in total. The summed E-state index contributed by atoms with van der Waals surface area (Å²) in [7, 11) is 1.77. The standard InChI is InChI=1S/C12H7BCl2N2OS/c13-11-7(4-16)9(10(19-11)12(17)18)6-2-1-5(14)3-8(6)15/h1-3H,13H2,(H2,17,18). The monoisotopic (exact) mass is 308 g/mol. The lowest BCUT2D eigenvalue weighted by Gasteiger charge is -2.06.